The van der Waals surface area contributed by atoms with E-state index in [2.05, 4.69) is 20.6 Å². The molecule has 4 rings (SSSR count). The SMILES string of the molecule is CNc1ccc(C(=O)N2CC[C@H](Nc3ncc4ccccc4n3)C2)cc1. The standard InChI is InChI=1S/C20H21N5O/c1-21-16-8-6-14(7-9-16)19(26)25-11-10-17(13-25)23-20-22-12-15-4-2-3-5-18(15)24-20/h2-9,12,17,21H,10-11,13H2,1H3,(H,22,23,24)/t17-/m0/s1. The zero-order valence-corrected chi connectivity index (χ0v) is 14.6. The highest BCUT2D eigenvalue weighted by Gasteiger charge is 2.27. The number of likely N-dealkylation sites (tertiary alicyclic amines) is 1. The summed E-state index contributed by atoms with van der Waals surface area (Å²) in [4.78, 5) is 23.5. The molecule has 2 aromatic carbocycles. The molecule has 6 heteroatoms. The van der Waals surface area contributed by atoms with Crippen molar-refractivity contribution in [2.24, 2.45) is 0 Å². The normalized spacial score (nSPS) is 16.7. The number of fused-ring (bicyclic) bond motifs is 1. The Morgan fingerprint density at radius 3 is 2.77 bits per heavy atom. The molecule has 1 saturated heterocycles. The fraction of sp³-hybridized carbons (Fsp3) is 0.250. The van der Waals surface area contributed by atoms with Crippen LogP contribution in [0.2, 0.25) is 0 Å². The van der Waals surface area contributed by atoms with Gasteiger partial charge in [-0.15, -0.1) is 0 Å². The molecule has 0 bridgehead atoms. The van der Waals surface area contributed by atoms with Crippen molar-refractivity contribution in [3.05, 3.63) is 60.3 Å². The van der Waals surface area contributed by atoms with E-state index in [0.29, 0.717) is 18.1 Å². The number of anilines is 2. The summed E-state index contributed by atoms with van der Waals surface area (Å²) in [6, 6.07) is 15.6. The molecule has 2 N–H and O–H groups in total. The predicted octanol–water partition coefficient (Wildman–Crippen LogP) is 3.00. The lowest BCUT2D eigenvalue weighted by atomic mass is 10.2. The minimum Gasteiger partial charge on any atom is -0.388 e. The summed E-state index contributed by atoms with van der Waals surface area (Å²) in [5.41, 5.74) is 2.63. The molecule has 2 heterocycles. The molecule has 0 unspecified atom stereocenters. The summed E-state index contributed by atoms with van der Waals surface area (Å²) >= 11 is 0. The lowest BCUT2D eigenvalue weighted by Crippen LogP contribution is -2.31. The molecule has 1 aliphatic rings. The summed E-state index contributed by atoms with van der Waals surface area (Å²) in [6.45, 7) is 1.39. The number of rotatable bonds is 4. The zero-order valence-electron chi connectivity index (χ0n) is 14.6. The summed E-state index contributed by atoms with van der Waals surface area (Å²) < 4.78 is 0. The average molecular weight is 347 g/mol. The molecule has 0 aliphatic carbocycles. The van der Waals surface area contributed by atoms with Gasteiger partial charge in [-0.3, -0.25) is 4.79 Å². The maximum Gasteiger partial charge on any atom is 0.253 e. The first-order chi connectivity index (χ1) is 12.7. The van der Waals surface area contributed by atoms with Gasteiger partial charge in [-0.05, 0) is 36.8 Å². The lowest BCUT2D eigenvalue weighted by molar-refractivity contribution is 0.0791. The Labute approximate surface area is 152 Å². The minimum atomic E-state index is 0.0661. The van der Waals surface area contributed by atoms with Crippen LogP contribution in [0.5, 0.6) is 0 Å². The second kappa shape index (κ2) is 7.00. The fourth-order valence-electron chi connectivity index (χ4n) is 3.25. The Morgan fingerprint density at radius 1 is 1.15 bits per heavy atom. The highest BCUT2D eigenvalue weighted by molar-refractivity contribution is 5.94. The van der Waals surface area contributed by atoms with Gasteiger partial charge in [0.1, 0.15) is 0 Å². The van der Waals surface area contributed by atoms with Crippen molar-refractivity contribution in [3.8, 4) is 0 Å². The van der Waals surface area contributed by atoms with Crippen LogP contribution in [0.25, 0.3) is 10.9 Å². The van der Waals surface area contributed by atoms with Gasteiger partial charge in [0.15, 0.2) is 0 Å². The van der Waals surface area contributed by atoms with E-state index >= 15 is 0 Å². The van der Waals surface area contributed by atoms with E-state index in [-0.39, 0.29) is 11.9 Å². The Morgan fingerprint density at radius 2 is 1.96 bits per heavy atom. The molecule has 1 aromatic heterocycles. The molecule has 1 atom stereocenters. The van der Waals surface area contributed by atoms with Gasteiger partial charge >= 0.3 is 0 Å². The van der Waals surface area contributed by atoms with Crippen molar-refractivity contribution in [2.45, 2.75) is 12.5 Å². The Bertz CT molecular complexity index is 925. The largest absolute Gasteiger partial charge is 0.388 e. The van der Waals surface area contributed by atoms with Crippen LogP contribution >= 0.6 is 0 Å². The fourth-order valence-corrected chi connectivity index (χ4v) is 3.25. The van der Waals surface area contributed by atoms with Gasteiger partial charge in [-0.1, -0.05) is 18.2 Å². The van der Waals surface area contributed by atoms with E-state index in [1.165, 1.54) is 0 Å². The summed E-state index contributed by atoms with van der Waals surface area (Å²) in [5.74, 6) is 0.678. The summed E-state index contributed by atoms with van der Waals surface area (Å²) in [5, 5.41) is 7.44. The minimum absolute atomic E-state index is 0.0661. The van der Waals surface area contributed by atoms with Crippen LogP contribution in [0.1, 0.15) is 16.8 Å². The number of benzene rings is 2. The number of aromatic nitrogens is 2. The Balaban J connectivity index is 1.41. The highest BCUT2D eigenvalue weighted by atomic mass is 16.2. The van der Waals surface area contributed by atoms with Crippen molar-refractivity contribution in [1.29, 1.82) is 0 Å². The van der Waals surface area contributed by atoms with Crippen LogP contribution < -0.4 is 10.6 Å². The third-order valence-corrected chi connectivity index (χ3v) is 4.72. The smallest absolute Gasteiger partial charge is 0.253 e. The number of nitrogens with one attached hydrogen (secondary N) is 2. The highest BCUT2D eigenvalue weighted by Crippen LogP contribution is 2.19. The predicted molar refractivity (Wildman–Crippen MR) is 103 cm³/mol. The second-order valence-corrected chi connectivity index (χ2v) is 6.46. The third kappa shape index (κ3) is 3.31. The van der Waals surface area contributed by atoms with E-state index in [0.717, 1.165) is 29.6 Å². The van der Waals surface area contributed by atoms with E-state index in [1.807, 2.05) is 66.7 Å². The van der Waals surface area contributed by atoms with Gasteiger partial charge in [-0.25, -0.2) is 9.97 Å². The number of hydrogen-bond donors (Lipinski definition) is 2. The molecule has 1 aliphatic heterocycles. The molecular weight excluding hydrogens is 326 g/mol. The number of carbonyl (C=O) groups excluding carboxylic acids is 1. The molecule has 0 saturated carbocycles. The van der Waals surface area contributed by atoms with Crippen molar-refractivity contribution >= 4 is 28.4 Å². The topological polar surface area (TPSA) is 70.2 Å². The molecule has 26 heavy (non-hydrogen) atoms. The maximum absolute atomic E-state index is 12.7. The van der Waals surface area contributed by atoms with Gasteiger partial charge in [0, 0.05) is 49.0 Å². The Kier molecular flexibility index (Phi) is 4.39. The van der Waals surface area contributed by atoms with Crippen molar-refractivity contribution in [3.63, 3.8) is 0 Å². The molecule has 0 radical (unpaired) electrons. The van der Waals surface area contributed by atoms with E-state index < -0.39 is 0 Å². The summed E-state index contributed by atoms with van der Waals surface area (Å²) in [7, 11) is 1.86. The Hall–Kier alpha value is -3.15. The maximum atomic E-state index is 12.7. The molecule has 1 fully saturated rings. The van der Waals surface area contributed by atoms with Gasteiger partial charge in [0.25, 0.3) is 5.91 Å². The second-order valence-electron chi connectivity index (χ2n) is 6.46. The van der Waals surface area contributed by atoms with E-state index in [9.17, 15) is 4.79 Å². The number of para-hydroxylation sites is 1. The first kappa shape index (κ1) is 16.3. The molecule has 132 valence electrons. The van der Waals surface area contributed by atoms with Crippen LogP contribution in [-0.4, -0.2) is 47.0 Å². The first-order valence-electron chi connectivity index (χ1n) is 8.78. The molecule has 6 nitrogen and oxygen atoms in total. The monoisotopic (exact) mass is 347 g/mol. The van der Waals surface area contributed by atoms with Gasteiger partial charge in [0.05, 0.1) is 5.52 Å². The first-order valence-corrected chi connectivity index (χ1v) is 8.78. The molecule has 1 amide bonds. The number of hydrogen-bond acceptors (Lipinski definition) is 5. The van der Waals surface area contributed by atoms with Crippen molar-refractivity contribution in [2.75, 3.05) is 30.8 Å². The average Bonchev–Trinajstić information content (AvgIpc) is 3.16. The van der Waals surface area contributed by atoms with Crippen LogP contribution in [0, 0.1) is 0 Å². The van der Waals surface area contributed by atoms with Crippen LogP contribution in [-0.2, 0) is 0 Å². The number of carbonyl (C=O) groups is 1. The van der Waals surface area contributed by atoms with E-state index in [4.69, 9.17) is 0 Å². The zero-order chi connectivity index (χ0) is 17.9. The third-order valence-electron chi connectivity index (χ3n) is 4.72. The van der Waals surface area contributed by atoms with Crippen molar-refractivity contribution < 1.29 is 4.79 Å². The quantitative estimate of drug-likeness (QED) is 0.759. The van der Waals surface area contributed by atoms with Crippen LogP contribution in [0.15, 0.2) is 54.7 Å². The van der Waals surface area contributed by atoms with Gasteiger partial charge < -0.3 is 15.5 Å². The number of nitrogens with zero attached hydrogens (tertiary/aromatic N) is 3. The molecule has 3 aromatic rings. The molecular formula is C20H21N5O. The van der Waals surface area contributed by atoms with Gasteiger partial charge in [0.2, 0.25) is 5.95 Å². The van der Waals surface area contributed by atoms with Gasteiger partial charge in [-0.2, -0.15) is 0 Å². The molecule has 0 spiro atoms. The van der Waals surface area contributed by atoms with Crippen molar-refractivity contribution in [1.82, 2.24) is 14.9 Å². The van der Waals surface area contributed by atoms with Crippen LogP contribution in [0.3, 0.4) is 0 Å². The van der Waals surface area contributed by atoms with E-state index in [1.54, 1.807) is 0 Å². The van der Waals surface area contributed by atoms with Crippen LogP contribution in [0.4, 0.5) is 11.6 Å². The lowest BCUT2D eigenvalue weighted by Gasteiger charge is -2.17. The summed E-state index contributed by atoms with van der Waals surface area (Å²) in [6.07, 6.45) is 2.71. The number of amides is 1.